The number of ether oxygens (including phenoxy) is 2. The predicted octanol–water partition coefficient (Wildman–Crippen LogP) is 5.16. The summed E-state index contributed by atoms with van der Waals surface area (Å²) < 4.78 is 25.7. The molecule has 134 valence electrons. The second-order valence-corrected chi connectivity index (χ2v) is 6.56. The van der Waals surface area contributed by atoms with E-state index in [-0.39, 0.29) is 23.7 Å². The normalized spacial score (nSPS) is 19.8. The minimum absolute atomic E-state index is 0.143. The van der Waals surface area contributed by atoms with Crippen molar-refractivity contribution in [2.24, 2.45) is 4.99 Å². The molecule has 0 N–H and O–H groups in total. The van der Waals surface area contributed by atoms with Crippen molar-refractivity contribution in [3.8, 4) is 5.75 Å². The summed E-state index contributed by atoms with van der Waals surface area (Å²) in [4.78, 5) is 16.2. The highest BCUT2D eigenvalue weighted by atomic mass is 19.1. The molecule has 2 aliphatic rings. The molecule has 0 aromatic heterocycles. The number of aryl methyl sites for hydroxylation is 1. The summed E-state index contributed by atoms with van der Waals surface area (Å²) in [7, 11) is 0. The van der Waals surface area contributed by atoms with Crippen LogP contribution in [0.2, 0.25) is 0 Å². The van der Waals surface area contributed by atoms with Crippen LogP contribution in [-0.4, -0.2) is 18.0 Å². The zero-order valence-corrected chi connectivity index (χ0v) is 15.0. The minimum Gasteiger partial charge on any atom is -0.490 e. The van der Waals surface area contributed by atoms with Gasteiger partial charge in [-0.3, -0.25) is 0 Å². The van der Waals surface area contributed by atoms with Crippen LogP contribution in [0.15, 0.2) is 28.3 Å². The maximum absolute atomic E-state index is 14.4. The third kappa shape index (κ3) is 3.60. The number of cyclic esters (lactones) is 1. The molecule has 0 spiro atoms. The molecule has 1 aliphatic heterocycles. The van der Waals surface area contributed by atoms with E-state index in [2.05, 4.69) is 4.99 Å². The molecule has 0 amide bonds. The Morgan fingerprint density at radius 2 is 1.88 bits per heavy atom. The van der Waals surface area contributed by atoms with Gasteiger partial charge in [-0.15, -0.1) is 0 Å². The number of carbonyl (C=O) groups excluding carboxylic acids is 1. The van der Waals surface area contributed by atoms with Crippen molar-refractivity contribution in [2.45, 2.75) is 65.4 Å². The second-order valence-electron chi connectivity index (χ2n) is 6.56. The van der Waals surface area contributed by atoms with Crippen molar-refractivity contribution >= 4 is 17.6 Å². The monoisotopic (exact) mass is 345 g/mol. The highest BCUT2D eigenvalue weighted by Gasteiger charge is 2.29. The Kier molecular flexibility index (Phi) is 5.21. The van der Waals surface area contributed by atoms with E-state index >= 15 is 0 Å². The quantitative estimate of drug-likeness (QED) is 0.693. The van der Waals surface area contributed by atoms with E-state index in [0.717, 1.165) is 24.0 Å². The standard InChI is InChI=1S/C20H24FNO3/c1-4-14-15(5-2)20(23)25-19(14)22-17-11-18(12(3)10-16(17)21)24-13-8-6-7-9-13/h10-11,13H,4-9H2,1-3H3. The maximum atomic E-state index is 14.4. The predicted molar refractivity (Wildman–Crippen MR) is 94.8 cm³/mol. The van der Waals surface area contributed by atoms with Gasteiger partial charge in [0.05, 0.1) is 6.10 Å². The number of nitrogens with zero attached hydrogens (tertiary/aromatic N) is 1. The molecule has 1 aromatic carbocycles. The van der Waals surface area contributed by atoms with E-state index in [9.17, 15) is 9.18 Å². The summed E-state index contributed by atoms with van der Waals surface area (Å²) in [6, 6.07) is 3.04. The van der Waals surface area contributed by atoms with Crippen molar-refractivity contribution in [1.29, 1.82) is 0 Å². The van der Waals surface area contributed by atoms with Crippen molar-refractivity contribution < 1.29 is 18.7 Å². The average Bonchev–Trinajstić information content (AvgIpc) is 3.19. The SMILES string of the molecule is CCC1=C(CC)C(=Nc2cc(OC3CCCC3)c(C)cc2F)OC1=O. The molecule has 1 fully saturated rings. The van der Waals surface area contributed by atoms with Gasteiger partial charge in [0.1, 0.15) is 17.3 Å². The van der Waals surface area contributed by atoms with Crippen LogP contribution in [0.1, 0.15) is 57.9 Å². The van der Waals surface area contributed by atoms with E-state index in [1.807, 2.05) is 20.8 Å². The van der Waals surface area contributed by atoms with Crippen LogP contribution in [0.4, 0.5) is 10.1 Å². The molecule has 5 heteroatoms. The Bertz CT molecular complexity index is 746. The van der Waals surface area contributed by atoms with Gasteiger partial charge in [-0.25, -0.2) is 14.2 Å². The highest BCUT2D eigenvalue weighted by Crippen LogP contribution is 2.33. The summed E-state index contributed by atoms with van der Waals surface area (Å²) >= 11 is 0. The molecule has 0 atom stereocenters. The van der Waals surface area contributed by atoms with Crippen LogP contribution in [0, 0.1) is 12.7 Å². The zero-order valence-electron chi connectivity index (χ0n) is 15.0. The van der Waals surface area contributed by atoms with Gasteiger partial charge >= 0.3 is 5.97 Å². The van der Waals surface area contributed by atoms with E-state index in [4.69, 9.17) is 9.47 Å². The molecule has 1 aromatic rings. The Hall–Kier alpha value is -2.17. The number of aliphatic imine (C=N–C) groups is 1. The highest BCUT2D eigenvalue weighted by molar-refractivity contribution is 6.15. The number of esters is 1. The molecular formula is C20H24FNO3. The summed E-state index contributed by atoms with van der Waals surface area (Å²) in [5.41, 5.74) is 2.27. The first kappa shape index (κ1) is 17.6. The topological polar surface area (TPSA) is 47.9 Å². The third-order valence-electron chi connectivity index (χ3n) is 4.83. The van der Waals surface area contributed by atoms with Crippen LogP contribution < -0.4 is 4.74 Å². The van der Waals surface area contributed by atoms with Gasteiger partial charge in [0.2, 0.25) is 5.90 Å². The fourth-order valence-corrected chi connectivity index (χ4v) is 3.43. The van der Waals surface area contributed by atoms with Crippen LogP contribution in [-0.2, 0) is 9.53 Å². The number of halogens is 1. The second kappa shape index (κ2) is 7.38. The lowest BCUT2D eigenvalue weighted by Gasteiger charge is -2.16. The largest absolute Gasteiger partial charge is 0.490 e. The molecule has 1 heterocycles. The molecule has 1 saturated carbocycles. The number of carbonyl (C=O) groups is 1. The Balaban J connectivity index is 1.94. The molecular weight excluding hydrogens is 321 g/mol. The van der Waals surface area contributed by atoms with E-state index < -0.39 is 5.82 Å². The average molecular weight is 345 g/mol. The first-order chi connectivity index (χ1) is 12.0. The molecule has 0 bridgehead atoms. The number of hydrogen-bond donors (Lipinski definition) is 0. The molecule has 0 saturated heterocycles. The van der Waals surface area contributed by atoms with Gasteiger partial charge in [-0.2, -0.15) is 0 Å². The van der Waals surface area contributed by atoms with Gasteiger partial charge in [0, 0.05) is 17.2 Å². The van der Waals surface area contributed by atoms with Crippen molar-refractivity contribution in [2.75, 3.05) is 0 Å². The number of hydrogen-bond acceptors (Lipinski definition) is 4. The molecule has 0 radical (unpaired) electrons. The molecule has 3 rings (SSSR count). The maximum Gasteiger partial charge on any atom is 0.341 e. The van der Waals surface area contributed by atoms with Crippen LogP contribution >= 0.6 is 0 Å². The summed E-state index contributed by atoms with van der Waals surface area (Å²) in [6.07, 6.45) is 5.77. The van der Waals surface area contributed by atoms with E-state index in [0.29, 0.717) is 24.2 Å². The number of rotatable bonds is 5. The van der Waals surface area contributed by atoms with Gasteiger partial charge in [-0.1, -0.05) is 13.8 Å². The fourth-order valence-electron chi connectivity index (χ4n) is 3.43. The fraction of sp³-hybridized carbons (Fsp3) is 0.500. The number of benzene rings is 1. The lowest BCUT2D eigenvalue weighted by Crippen LogP contribution is -2.11. The van der Waals surface area contributed by atoms with Crippen LogP contribution in [0.5, 0.6) is 5.75 Å². The lowest BCUT2D eigenvalue weighted by molar-refractivity contribution is -0.130. The first-order valence-corrected chi connectivity index (χ1v) is 9.03. The smallest absolute Gasteiger partial charge is 0.341 e. The van der Waals surface area contributed by atoms with Gasteiger partial charge in [0.25, 0.3) is 0 Å². The van der Waals surface area contributed by atoms with Gasteiger partial charge < -0.3 is 9.47 Å². The molecule has 4 nitrogen and oxygen atoms in total. The Labute approximate surface area is 147 Å². The summed E-state index contributed by atoms with van der Waals surface area (Å²) in [5, 5.41) is 0. The third-order valence-corrected chi connectivity index (χ3v) is 4.83. The first-order valence-electron chi connectivity index (χ1n) is 9.03. The van der Waals surface area contributed by atoms with E-state index in [1.165, 1.54) is 18.9 Å². The van der Waals surface area contributed by atoms with Gasteiger partial charge in [0.15, 0.2) is 0 Å². The van der Waals surface area contributed by atoms with Crippen molar-refractivity contribution in [3.63, 3.8) is 0 Å². The summed E-state index contributed by atoms with van der Waals surface area (Å²) in [6.45, 7) is 5.66. The van der Waals surface area contributed by atoms with Crippen LogP contribution in [0.25, 0.3) is 0 Å². The van der Waals surface area contributed by atoms with E-state index in [1.54, 1.807) is 6.07 Å². The summed E-state index contributed by atoms with van der Waals surface area (Å²) in [5.74, 6) is 0.0295. The minimum atomic E-state index is -0.444. The van der Waals surface area contributed by atoms with Crippen molar-refractivity contribution in [3.05, 3.63) is 34.7 Å². The van der Waals surface area contributed by atoms with Gasteiger partial charge in [-0.05, 0) is 57.1 Å². The molecule has 25 heavy (non-hydrogen) atoms. The molecule has 1 aliphatic carbocycles. The Morgan fingerprint density at radius 3 is 2.52 bits per heavy atom. The molecule has 0 unspecified atom stereocenters. The Morgan fingerprint density at radius 1 is 1.20 bits per heavy atom. The zero-order chi connectivity index (χ0) is 18.0. The lowest BCUT2D eigenvalue weighted by atomic mass is 10.1. The van der Waals surface area contributed by atoms with Crippen molar-refractivity contribution in [1.82, 2.24) is 0 Å². The van der Waals surface area contributed by atoms with Crippen LogP contribution in [0.3, 0.4) is 0 Å².